The summed E-state index contributed by atoms with van der Waals surface area (Å²) in [6, 6.07) is 13.0. The Bertz CT molecular complexity index is 851. The van der Waals surface area contributed by atoms with Crippen molar-refractivity contribution >= 4 is 29.0 Å². The van der Waals surface area contributed by atoms with Crippen molar-refractivity contribution in [3.8, 4) is 17.6 Å². The lowest BCUT2D eigenvalue weighted by molar-refractivity contribution is -0.385. The Balaban J connectivity index is 2.05. The molecule has 0 fully saturated rings. The number of nitro groups is 1. The number of thioether (sulfide) groups is 1. The largest absolute Gasteiger partial charge is 0.493 e. The summed E-state index contributed by atoms with van der Waals surface area (Å²) in [5, 5.41) is 22.2. The highest BCUT2D eigenvalue weighted by Crippen LogP contribution is 2.31. The van der Waals surface area contributed by atoms with Gasteiger partial charge in [-0.2, -0.15) is 5.26 Å². The number of para-hydroxylation sites is 1. The number of hydrogen-bond donors (Lipinski definition) is 1. The fourth-order valence-electron chi connectivity index (χ4n) is 2.03. The SMILES string of the molecule is COc1ccc([N+](=O)[O-])cc1OCC(=O)Nc1ccccc1SCC#N. The van der Waals surface area contributed by atoms with Gasteiger partial charge in [-0.3, -0.25) is 14.9 Å². The molecular weight excluding hydrogens is 358 g/mol. The third-order valence-corrected chi connectivity index (χ3v) is 4.11. The van der Waals surface area contributed by atoms with Gasteiger partial charge in [0.15, 0.2) is 18.1 Å². The average molecular weight is 373 g/mol. The standard InChI is InChI=1S/C17H15N3O5S/c1-24-14-7-6-12(20(22)23)10-15(14)25-11-17(21)19-13-4-2-3-5-16(13)26-9-8-18/h2-7,10H,9,11H2,1H3,(H,19,21). The summed E-state index contributed by atoms with van der Waals surface area (Å²) in [7, 11) is 1.40. The molecule has 0 atom stereocenters. The van der Waals surface area contributed by atoms with Gasteiger partial charge in [0.05, 0.1) is 35.6 Å². The van der Waals surface area contributed by atoms with E-state index in [9.17, 15) is 14.9 Å². The van der Waals surface area contributed by atoms with E-state index in [2.05, 4.69) is 5.32 Å². The molecule has 2 rings (SSSR count). The first kappa shape index (κ1) is 19.1. The molecule has 1 amide bonds. The van der Waals surface area contributed by atoms with Gasteiger partial charge in [0, 0.05) is 11.0 Å². The van der Waals surface area contributed by atoms with Crippen LogP contribution in [0.15, 0.2) is 47.4 Å². The number of ether oxygens (including phenoxy) is 2. The minimum Gasteiger partial charge on any atom is -0.493 e. The normalized spacial score (nSPS) is 9.85. The first-order valence-electron chi connectivity index (χ1n) is 7.39. The molecule has 2 aromatic carbocycles. The molecule has 0 saturated heterocycles. The maximum absolute atomic E-state index is 12.1. The van der Waals surface area contributed by atoms with Gasteiger partial charge in [-0.25, -0.2) is 0 Å². The molecule has 134 valence electrons. The highest BCUT2D eigenvalue weighted by Gasteiger charge is 2.14. The molecule has 2 aromatic rings. The first-order chi connectivity index (χ1) is 12.5. The van der Waals surface area contributed by atoms with E-state index >= 15 is 0 Å². The van der Waals surface area contributed by atoms with E-state index in [-0.39, 0.29) is 29.5 Å². The highest BCUT2D eigenvalue weighted by atomic mass is 32.2. The fourth-order valence-corrected chi connectivity index (χ4v) is 2.70. The van der Waals surface area contributed by atoms with Crippen molar-refractivity contribution in [2.45, 2.75) is 4.90 Å². The maximum Gasteiger partial charge on any atom is 0.273 e. The Morgan fingerprint density at radius 2 is 2.08 bits per heavy atom. The maximum atomic E-state index is 12.1. The average Bonchev–Trinajstić information content (AvgIpc) is 2.65. The van der Waals surface area contributed by atoms with Crippen LogP contribution in [0.1, 0.15) is 0 Å². The van der Waals surface area contributed by atoms with Crippen molar-refractivity contribution in [3.05, 3.63) is 52.6 Å². The zero-order chi connectivity index (χ0) is 18.9. The quantitative estimate of drug-likeness (QED) is 0.429. The van der Waals surface area contributed by atoms with E-state index in [1.165, 1.54) is 37.1 Å². The summed E-state index contributed by atoms with van der Waals surface area (Å²) in [6.07, 6.45) is 0. The van der Waals surface area contributed by atoms with Gasteiger partial charge in [-0.1, -0.05) is 12.1 Å². The number of hydrogen-bond acceptors (Lipinski definition) is 7. The molecule has 0 unspecified atom stereocenters. The van der Waals surface area contributed by atoms with Crippen molar-refractivity contribution in [2.75, 3.05) is 24.8 Å². The smallest absolute Gasteiger partial charge is 0.273 e. The number of benzene rings is 2. The van der Waals surface area contributed by atoms with Gasteiger partial charge in [-0.05, 0) is 18.2 Å². The lowest BCUT2D eigenvalue weighted by atomic mass is 10.3. The van der Waals surface area contributed by atoms with Gasteiger partial charge in [0.25, 0.3) is 11.6 Å². The number of nitro benzene ring substituents is 1. The minimum absolute atomic E-state index is 0.101. The Morgan fingerprint density at radius 3 is 2.77 bits per heavy atom. The van der Waals surface area contributed by atoms with E-state index in [4.69, 9.17) is 14.7 Å². The predicted molar refractivity (Wildman–Crippen MR) is 96.6 cm³/mol. The summed E-state index contributed by atoms with van der Waals surface area (Å²) < 4.78 is 10.5. The van der Waals surface area contributed by atoms with E-state index < -0.39 is 10.8 Å². The Hall–Kier alpha value is -3.25. The Morgan fingerprint density at radius 1 is 1.31 bits per heavy atom. The van der Waals surface area contributed by atoms with E-state index in [0.29, 0.717) is 5.69 Å². The number of rotatable bonds is 8. The van der Waals surface area contributed by atoms with Crippen molar-refractivity contribution in [1.82, 2.24) is 0 Å². The van der Waals surface area contributed by atoms with Gasteiger partial charge in [-0.15, -0.1) is 11.8 Å². The second-order valence-corrected chi connectivity index (χ2v) is 5.89. The fraction of sp³-hybridized carbons (Fsp3) is 0.176. The summed E-state index contributed by atoms with van der Waals surface area (Å²) in [4.78, 5) is 23.2. The molecule has 0 aliphatic rings. The van der Waals surface area contributed by atoms with Crippen LogP contribution in [-0.2, 0) is 4.79 Å². The van der Waals surface area contributed by atoms with Crippen LogP contribution < -0.4 is 14.8 Å². The molecule has 0 bridgehead atoms. The van der Waals surface area contributed by atoms with Crippen LogP contribution in [0.25, 0.3) is 0 Å². The second kappa shape index (κ2) is 9.29. The number of carbonyl (C=O) groups excluding carboxylic acids is 1. The molecule has 0 aliphatic heterocycles. The van der Waals surface area contributed by atoms with Crippen LogP contribution in [-0.4, -0.2) is 30.3 Å². The number of nitrogens with zero attached hydrogens (tertiary/aromatic N) is 2. The number of amides is 1. The number of nitrogens with one attached hydrogen (secondary N) is 1. The molecule has 0 saturated carbocycles. The minimum atomic E-state index is -0.560. The van der Waals surface area contributed by atoms with Gasteiger partial charge in [0.2, 0.25) is 0 Å². The molecular formula is C17H15N3O5S. The van der Waals surface area contributed by atoms with Crippen LogP contribution in [0.2, 0.25) is 0 Å². The Labute approximate surface area is 153 Å². The third-order valence-electron chi connectivity index (χ3n) is 3.17. The number of methoxy groups -OCH3 is 1. The van der Waals surface area contributed by atoms with E-state index in [0.717, 1.165) is 4.90 Å². The number of non-ortho nitro benzene ring substituents is 1. The number of carbonyl (C=O) groups is 1. The van der Waals surface area contributed by atoms with Crippen LogP contribution in [0.3, 0.4) is 0 Å². The molecule has 8 nitrogen and oxygen atoms in total. The Kier molecular flexibility index (Phi) is 6.82. The van der Waals surface area contributed by atoms with E-state index in [1.54, 1.807) is 24.3 Å². The molecule has 0 heterocycles. The molecule has 0 radical (unpaired) electrons. The molecule has 1 N–H and O–H groups in total. The third kappa shape index (κ3) is 5.12. The van der Waals surface area contributed by atoms with E-state index in [1.807, 2.05) is 6.07 Å². The van der Waals surface area contributed by atoms with Crippen LogP contribution in [0.4, 0.5) is 11.4 Å². The lowest BCUT2D eigenvalue weighted by Gasteiger charge is -2.12. The zero-order valence-electron chi connectivity index (χ0n) is 13.8. The van der Waals surface area contributed by atoms with Gasteiger partial charge in [0.1, 0.15) is 0 Å². The molecule has 9 heteroatoms. The molecule has 0 aromatic heterocycles. The van der Waals surface area contributed by atoms with Crippen molar-refractivity contribution < 1.29 is 19.2 Å². The van der Waals surface area contributed by atoms with Crippen LogP contribution >= 0.6 is 11.8 Å². The highest BCUT2D eigenvalue weighted by molar-refractivity contribution is 7.99. The van der Waals surface area contributed by atoms with Crippen molar-refractivity contribution in [1.29, 1.82) is 5.26 Å². The number of nitriles is 1. The zero-order valence-corrected chi connectivity index (χ0v) is 14.6. The molecule has 0 aliphatic carbocycles. The first-order valence-corrected chi connectivity index (χ1v) is 8.37. The van der Waals surface area contributed by atoms with Crippen LogP contribution in [0.5, 0.6) is 11.5 Å². The molecule has 0 spiro atoms. The predicted octanol–water partition coefficient (Wildman–Crippen LogP) is 3.24. The van der Waals surface area contributed by atoms with Crippen molar-refractivity contribution in [2.24, 2.45) is 0 Å². The van der Waals surface area contributed by atoms with Crippen LogP contribution in [0, 0.1) is 21.4 Å². The topological polar surface area (TPSA) is 114 Å². The monoisotopic (exact) mass is 373 g/mol. The van der Waals surface area contributed by atoms with Crippen molar-refractivity contribution in [3.63, 3.8) is 0 Å². The molecule has 26 heavy (non-hydrogen) atoms. The lowest BCUT2D eigenvalue weighted by Crippen LogP contribution is -2.20. The summed E-state index contributed by atoms with van der Waals surface area (Å²) in [5.74, 6) is 0.204. The second-order valence-electron chi connectivity index (χ2n) is 4.87. The summed E-state index contributed by atoms with van der Waals surface area (Å²) >= 11 is 1.30. The summed E-state index contributed by atoms with van der Waals surface area (Å²) in [6.45, 7) is -0.352. The summed E-state index contributed by atoms with van der Waals surface area (Å²) in [5.41, 5.74) is 0.395. The van der Waals surface area contributed by atoms with Gasteiger partial charge >= 0.3 is 0 Å². The van der Waals surface area contributed by atoms with Gasteiger partial charge < -0.3 is 14.8 Å². The number of anilines is 1.